The monoisotopic (exact) mass is 448 g/mol. The molecule has 3 aromatic carbocycles. The van der Waals surface area contributed by atoms with Crippen LogP contribution in [0, 0.1) is 10.1 Å². The largest absolute Gasteiger partial charge is 0.493 e. The quantitative estimate of drug-likeness (QED) is 0.287. The highest BCUT2D eigenvalue weighted by molar-refractivity contribution is 6.02. The molecule has 0 unspecified atom stereocenters. The molecule has 0 spiro atoms. The van der Waals surface area contributed by atoms with E-state index in [9.17, 15) is 24.8 Å². The van der Waals surface area contributed by atoms with Crippen molar-refractivity contribution in [3.63, 3.8) is 0 Å². The predicted molar refractivity (Wildman–Crippen MR) is 120 cm³/mol. The van der Waals surface area contributed by atoms with Crippen LogP contribution >= 0.6 is 0 Å². The molecule has 0 aliphatic heterocycles. The maximum absolute atomic E-state index is 12.3. The lowest BCUT2D eigenvalue weighted by Gasteiger charge is -2.12. The Balaban J connectivity index is 1.77. The first-order valence-corrected chi connectivity index (χ1v) is 9.73. The summed E-state index contributed by atoms with van der Waals surface area (Å²) in [5.74, 6) is -1.16. The Hall–Kier alpha value is -4.66. The van der Waals surface area contributed by atoms with Crippen LogP contribution in [-0.4, -0.2) is 29.0 Å². The van der Waals surface area contributed by atoms with Gasteiger partial charge in [0, 0.05) is 17.7 Å². The number of rotatable bonds is 9. The molecule has 0 aliphatic rings. The third-order valence-electron chi connectivity index (χ3n) is 4.53. The molecule has 9 nitrogen and oxygen atoms in total. The Labute approximate surface area is 189 Å². The van der Waals surface area contributed by atoms with Crippen LogP contribution < -0.4 is 14.8 Å². The number of carboxylic acid groups (broad SMARTS) is 1. The van der Waals surface area contributed by atoms with E-state index in [4.69, 9.17) is 9.47 Å². The van der Waals surface area contributed by atoms with Crippen molar-refractivity contribution in [1.82, 2.24) is 5.32 Å². The van der Waals surface area contributed by atoms with E-state index in [0.29, 0.717) is 28.2 Å². The van der Waals surface area contributed by atoms with E-state index >= 15 is 0 Å². The number of carboxylic acids is 1. The third-order valence-corrected chi connectivity index (χ3v) is 4.53. The van der Waals surface area contributed by atoms with E-state index in [2.05, 4.69) is 5.32 Å². The van der Waals surface area contributed by atoms with Crippen molar-refractivity contribution in [3.05, 3.63) is 105 Å². The summed E-state index contributed by atoms with van der Waals surface area (Å²) >= 11 is 0. The van der Waals surface area contributed by atoms with Gasteiger partial charge in [0.25, 0.3) is 11.6 Å². The average molecular weight is 448 g/mol. The Kier molecular flexibility index (Phi) is 7.38. The van der Waals surface area contributed by atoms with E-state index in [1.165, 1.54) is 25.3 Å². The van der Waals surface area contributed by atoms with Gasteiger partial charge in [-0.2, -0.15) is 0 Å². The van der Waals surface area contributed by atoms with Crippen LogP contribution in [0.5, 0.6) is 11.5 Å². The number of nitrogens with zero attached hydrogens (tertiary/aromatic N) is 1. The van der Waals surface area contributed by atoms with Crippen molar-refractivity contribution in [1.29, 1.82) is 0 Å². The van der Waals surface area contributed by atoms with Gasteiger partial charge in [0.1, 0.15) is 12.3 Å². The van der Waals surface area contributed by atoms with Gasteiger partial charge in [0.15, 0.2) is 11.5 Å². The number of methoxy groups -OCH3 is 1. The standard InChI is InChI=1S/C24H20N2O7/c1-32-22-14-16(13-20(24(28)29)25-23(27)18-7-3-2-4-8-18)10-11-21(22)33-15-17-6-5-9-19(12-17)26(30)31/h2-14H,15H2,1H3,(H,25,27)(H,28,29)/b20-13+. The molecule has 0 fully saturated rings. The first-order valence-electron chi connectivity index (χ1n) is 9.73. The Morgan fingerprint density at radius 1 is 1.03 bits per heavy atom. The summed E-state index contributed by atoms with van der Waals surface area (Å²) in [6, 6.07) is 19.1. The second kappa shape index (κ2) is 10.6. The number of nitrogens with one attached hydrogen (secondary N) is 1. The molecule has 33 heavy (non-hydrogen) atoms. The summed E-state index contributed by atoms with van der Waals surface area (Å²) in [5.41, 5.74) is 1.04. The molecule has 1 amide bonds. The third kappa shape index (κ3) is 6.17. The lowest BCUT2D eigenvalue weighted by atomic mass is 10.1. The van der Waals surface area contributed by atoms with Gasteiger partial charge in [-0.25, -0.2) is 4.79 Å². The molecule has 0 radical (unpaired) electrons. The summed E-state index contributed by atoms with van der Waals surface area (Å²) < 4.78 is 11.1. The summed E-state index contributed by atoms with van der Waals surface area (Å²) in [5, 5.41) is 22.8. The lowest BCUT2D eigenvalue weighted by molar-refractivity contribution is -0.384. The molecular formula is C24H20N2O7. The van der Waals surface area contributed by atoms with Gasteiger partial charge in [0.2, 0.25) is 0 Å². The molecule has 3 aromatic rings. The number of hydrogen-bond acceptors (Lipinski definition) is 6. The molecule has 0 bridgehead atoms. The number of benzene rings is 3. The van der Waals surface area contributed by atoms with Gasteiger partial charge in [-0.15, -0.1) is 0 Å². The fraction of sp³-hybridized carbons (Fsp3) is 0.0833. The first-order chi connectivity index (χ1) is 15.9. The zero-order chi connectivity index (χ0) is 23.8. The zero-order valence-corrected chi connectivity index (χ0v) is 17.6. The minimum Gasteiger partial charge on any atom is -0.493 e. The van der Waals surface area contributed by atoms with Crippen molar-refractivity contribution in [2.45, 2.75) is 6.61 Å². The fourth-order valence-corrected chi connectivity index (χ4v) is 2.92. The molecule has 0 aromatic heterocycles. The number of aliphatic carboxylic acids is 1. The molecular weight excluding hydrogens is 428 g/mol. The molecule has 0 heterocycles. The summed E-state index contributed by atoms with van der Waals surface area (Å²) in [6.45, 7) is 0.0702. The van der Waals surface area contributed by atoms with Gasteiger partial charge in [-0.05, 0) is 41.5 Å². The molecule has 9 heteroatoms. The van der Waals surface area contributed by atoms with Crippen LogP contribution in [0.2, 0.25) is 0 Å². The van der Waals surface area contributed by atoms with Crippen molar-refractivity contribution in [3.8, 4) is 11.5 Å². The van der Waals surface area contributed by atoms with Crippen molar-refractivity contribution in [2.75, 3.05) is 7.11 Å². The van der Waals surface area contributed by atoms with E-state index in [0.717, 1.165) is 0 Å². The van der Waals surface area contributed by atoms with Crippen LogP contribution in [0.4, 0.5) is 5.69 Å². The number of carbonyl (C=O) groups is 2. The van der Waals surface area contributed by atoms with Gasteiger partial charge in [-0.1, -0.05) is 36.4 Å². The fourth-order valence-electron chi connectivity index (χ4n) is 2.92. The molecule has 0 aliphatic carbocycles. The van der Waals surface area contributed by atoms with Crippen LogP contribution in [0.1, 0.15) is 21.5 Å². The molecule has 0 saturated heterocycles. The second-order valence-corrected chi connectivity index (χ2v) is 6.81. The van der Waals surface area contributed by atoms with E-state index in [1.807, 2.05) is 0 Å². The Morgan fingerprint density at radius 3 is 2.45 bits per heavy atom. The minimum absolute atomic E-state index is 0.0395. The minimum atomic E-state index is -1.30. The Bertz CT molecular complexity index is 1210. The highest BCUT2D eigenvalue weighted by Gasteiger charge is 2.14. The molecule has 2 N–H and O–H groups in total. The topological polar surface area (TPSA) is 128 Å². The van der Waals surface area contributed by atoms with E-state index in [-0.39, 0.29) is 18.0 Å². The zero-order valence-electron chi connectivity index (χ0n) is 17.6. The van der Waals surface area contributed by atoms with Gasteiger partial charge in [0.05, 0.1) is 12.0 Å². The van der Waals surface area contributed by atoms with Crippen molar-refractivity contribution < 1.29 is 29.1 Å². The molecule has 3 rings (SSSR count). The number of hydrogen-bond donors (Lipinski definition) is 2. The number of nitro benzene ring substituents is 1. The summed E-state index contributed by atoms with van der Waals surface area (Å²) in [6.07, 6.45) is 1.30. The van der Waals surface area contributed by atoms with Crippen molar-refractivity contribution >= 4 is 23.6 Å². The number of carbonyl (C=O) groups excluding carboxylic acids is 1. The molecule has 168 valence electrons. The number of amides is 1. The van der Waals surface area contributed by atoms with Crippen LogP contribution in [-0.2, 0) is 11.4 Å². The first kappa shape index (κ1) is 23.0. The lowest BCUT2D eigenvalue weighted by Crippen LogP contribution is -2.27. The number of non-ortho nitro benzene ring substituents is 1. The second-order valence-electron chi connectivity index (χ2n) is 6.81. The summed E-state index contributed by atoms with van der Waals surface area (Å²) in [4.78, 5) is 34.4. The maximum atomic E-state index is 12.3. The highest BCUT2D eigenvalue weighted by Crippen LogP contribution is 2.30. The molecule has 0 saturated carbocycles. The van der Waals surface area contributed by atoms with Crippen LogP contribution in [0.25, 0.3) is 6.08 Å². The van der Waals surface area contributed by atoms with Crippen molar-refractivity contribution in [2.24, 2.45) is 0 Å². The highest BCUT2D eigenvalue weighted by atomic mass is 16.6. The smallest absolute Gasteiger partial charge is 0.352 e. The summed E-state index contributed by atoms with van der Waals surface area (Å²) in [7, 11) is 1.43. The average Bonchev–Trinajstić information content (AvgIpc) is 2.83. The number of nitro groups is 1. The number of ether oxygens (including phenoxy) is 2. The molecule has 0 atom stereocenters. The van der Waals surface area contributed by atoms with Gasteiger partial charge in [-0.3, -0.25) is 14.9 Å². The normalized spacial score (nSPS) is 10.9. The van der Waals surface area contributed by atoms with E-state index in [1.54, 1.807) is 60.7 Å². The predicted octanol–water partition coefficient (Wildman–Crippen LogP) is 4.04. The maximum Gasteiger partial charge on any atom is 0.352 e. The van der Waals surface area contributed by atoms with Gasteiger partial charge < -0.3 is 19.9 Å². The SMILES string of the molecule is COc1cc(/C=C(/NC(=O)c2ccccc2)C(=O)O)ccc1OCc1cccc([N+](=O)[O-])c1. The van der Waals surface area contributed by atoms with Gasteiger partial charge >= 0.3 is 5.97 Å². The van der Waals surface area contributed by atoms with Crippen LogP contribution in [0.15, 0.2) is 78.5 Å². The van der Waals surface area contributed by atoms with Crippen LogP contribution in [0.3, 0.4) is 0 Å². The van der Waals surface area contributed by atoms with E-state index < -0.39 is 16.8 Å². The Morgan fingerprint density at radius 2 is 1.79 bits per heavy atom.